The van der Waals surface area contributed by atoms with Crippen molar-refractivity contribution in [1.82, 2.24) is 25.1 Å². The van der Waals surface area contributed by atoms with Gasteiger partial charge in [-0.25, -0.2) is 0 Å². The molecule has 2 aromatic rings. The molecule has 0 unspecified atom stereocenters. The van der Waals surface area contributed by atoms with Crippen LogP contribution in [0.2, 0.25) is 0 Å². The maximum absolute atomic E-state index is 5.96. The summed E-state index contributed by atoms with van der Waals surface area (Å²) in [5, 5.41) is 17.6. The average molecular weight is 307 g/mol. The Bertz CT molecular complexity index is 626. The molecule has 0 radical (unpaired) electrons. The van der Waals surface area contributed by atoms with Gasteiger partial charge in [-0.1, -0.05) is 30.6 Å². The third kappa shape index (κ3) is 2.58. The van der Waals surface area contributed by atoms with Gasteiger partial charge in [-0.05, 0) is 19.8 Å². The summed E-state index contributed by atoms with van der Waals surface area (Å²) in [4.78, 5) is 0.895. The van der Waals surface area contributed by atoms with E-state index in [0.717, 1.165) is 28.9 Å². The van der Waals surface area contributed by atoms with Crippen LogP contribution >= 0.6 is 11.3 Å². The standard InChI is InChI=1S/C14H21N5OS/c1-14(8-15-9-14)20-7-11-18-19-12(16-17-13(19)21-11)10-5-3-2-4-6-10/h10,15H,2-9H2,1H3. The van der Waals surface area contributed by atoms with Crippen LogP contribution in [0.15, 0.2) is 0 Å². The van der Waals surface area contributed by atoms with Crippen molar-refractivity contribution < 1.29 is 4.74 Å². The molecular weight excluding hydrogens is 286 g/mol. The average Bonchev–Trinajstić information content (AvgIpc) is 3.03. The molecule has 0 spiro atoms. The first-order valence-electron chi connectivity index (χ1n) is 7.79. The summed E-state index contributed by atoms with van der Waals surface area (Å²) >= 11 is 1.59. The Morgan fingerprint density at radius 2 is 2.10 bits per heavy atom. The van der Waals surface area contributed by atoms with E-state index in [-0.39, 0.29) is 5.60 Å². The Morgan fingerprint density at radius 3 is 2.81 bits per heavy atom. The van der Waals surface area contributed by atoms with Crippen LogP contribution in [0, 0.1) is 0 Å². The summed E-state index contributed by atoms with van der Waals surface area (Å²) in [7, 11) is 0. The van der Waals surface area contributed by atoms with Gasteiger partial charge in [-0.3, -0.25) is 0 Å². The fourth-order valence-corrected chi connectivity index (χ4v) is 3.91. The van der Waals surface area contributed by atoms with E-state index in [1.807, 2.05) is 4.52 Å². The molecule has 0 atom stereocenters. The lowest BCUT2D eigenvalue weighted by molar-refractivity contribution is -0.0769. The van der Waals surface area contributed by atoms with Crippen LogP contribution in [0.1, 0.15) is 55.8 Å². The summed E-state index contributed by atoms with van der Waals surface area (Å²) in [6.07, 6.45) is 6.37. The largest absolute Gasteiger partial charge is 0.365 e. The van der Waals surface area contributed by atoms with Crippen LogP contribution in [-0.2, 0) is 11.3 Å². The third-order valence-corrected chi connectivity index (χ3v) is 5.44. The van der Waals surface area contributed by atoms with Gasteiger partial charge in [0.25, 0.3) is 0 Å². The molecule has 2 aromatic heterocycles. The molecule has 3 heterocycles. The van der Waals surface area contributed by atoms with Gasteiger partial charge in [0.05, 0.1) is 5.60 Å². The highest BCUT2D eigenvalue weighted by Gasteiger charge is 2.33. The van der Waals surface area contributed by atoms with E-state index >= 15 is 0 Å². The van der Waals surface area contributed by atoms with Crippen molar-refractivity contribution in [3.63, 3.8) is 0 Å². The molecule has 21 heavy (non-hydrogen) atoms. The Hall–Kier alpha value is -1.05. The molecule has 1 aliphatic heterocycles. The molecule has 1 N–H and O–H groups in total. The SMILES string of the molecule is CC1(OCc2nn3c(C4CCCCC4)nnc3s2)CNC1. The number of hydrogen-bond acceptors (Lipinski definition) is 6. The molecular formula is C14H21N5OS. The minimum atomic E-state index is -0.0296. The van der Waals surface area contributed by atoms with Crippen molar-refractivity contribution in [3.8, 4) is 0 Å². The summed E-state index contributed by atoms with van der Waals surface area (Å²) in [6, 6.07) is 0. The third-order valence-electron chi connectivity index (χ3n) is 4.57. The second-order valence-corrected chi connectivity index (χ2v) is 7.47. The van der Waals surface area contributed by atoms with Crippen LogP contribution in [-0.4, -0.2) is 38.5 Å². The van der Waals surface area contributed by atoms with Crippen LogP contribution in [0.3, 0.4) is 0 Å². The Morgan fingerprint density at radius 1 is 1.29 bits per heavy atom. The Labute approximate surface area is 127 Å². The molecule has 7 heteroatoms. The monoisotopic (exact) mass is 307 g/mol. The van der Waals surface area contributed by atoms with Crippen molar-refractivity contribution in [2.45, 2.75) is 57.2 Å². The number of rotatable bonds is 4. The van der Waals surface area contributed by atoms with Crippen molar-refractivity contribution in [2.24, 2.45) is 0 Å². The van der Waals surface area contributed by atoms with E-state index in [0.29, 0.717) is 12.5 Å². The maximum Gasteiger partial charge on any atom is 0.234 e. The molecule has 0 aromatic carbocycles. The lowest BCUT2D eigenvalue weighted by Crippen LogP contribution is -2.58. The van der Waals surface area contributed by atoms with E-state index in [1.54, 1.807) is 11.3 Å². The second kappa shape index (κ2) is 5.30. The molecule has 1 saturated heterocycles. The van der Waals surface area contributed by atoms with Crippen molar-refractivity contribution in [3.05, 3.63) is 10.8 Å². The quantitative estimate of drug-likeness (QED) is 0.937. The number of aromatic nitrogens is 4. The Balaban J connectivity index is 1.51. The summed E-state index contributed by atoms with van der Waals surface area (Å²) < 4.78 is 7.90. The van der Waals surface area contributed by atoms with Crippen LogP contribution < -0.4 is 5.32 Å². The van der Waals surface area contributed by atoms with Gasteiger partial charge >= 0.3 is 0 Å². The van der Waals surface area contributed by atoms with Gasteiger partial charge in [-0.15, -0.1) is 10.2 Å². The first kappa shape index (κ1) is 13.6. The maximum atomic E-state index is 5.96. The van der Waals surface area contributed by atoms with Gasteiger partial charge in [0.15, 0.2) is 5.82 Å². The predicted octanol–water partition coefficient (Wildman–Crippen LogP) is 2.11. The number of fused-ring (bicyclic) bond motifs is 1. The highest BCUT2D eigenvalue weighted by Crippen LogP contribution is 2.32. The zero-order valence-corrected chi connectivity index (χ0v) is 13.2. The van der Waals surface area contributed by atoms with Gasteiger partial charge in [-0.2, -0.15) is 9.61 Å². The van der Waals surface area contributed by atoms with Gasteiger partial charge in [0.1, 0.15) is 11.6 Å². The van der Waals surface area contributed by atoms with Gasteiger partial charge in [0.2, 0.25) is 4.96 Å². The van der Waals surface area contributed by atoms with E-state index < -0.39 is 0 Å². The van der Waals surface area contributed by atoms with Crippen molar-refractivity contribution in [2.75, 3.05) is 13.1 Å². The highest BCUT2D eigenvalue weighted by molar-refractivity contribution is 7.16. The van der Waals surface area contributed by atoms with Crippen LogP contribution in [0.5, 0.6) is 0 Å². The molecule has 1 aliphatic carbocycles. The van der Waals surface area contributed by atoms with Crippen LogP contribution in [0.4, 0.5) is 0 Å². The summed E-state index contributed by atoms with van der Waals surface area (Å²) in [6.45, 7) is 4.54. The number of ether oxygens (including phenoxy) is 1. The fourth-order valence-electron chi connectivity index (χ4n) is 3.16. The zero-order chi connectivity index (χ0) is 14.3. The van der Waals surface area contributed by atoms with Gasteiger partial charge < -0.3 is 10.1 Å². The molecule has 6 nitrogen and oxygen atoms in total. The summed E-state index contributed by atoms with van der Waals surface area (Å²) in [5.74, 6) is 1.57. The minimum absolute atomic E-state index is 0.0296. The highest BCUT2D eigenvalue weighted by atomic mass is 32.1. The lowest BCUT2D eigenvalue weighted by atomic mass is 9.89. The van der Waals surface area contributed by atoms with Crippen molar-refractivity contribution in [1.29, 1.82) is 0 Å². The summed E-state index contributed by atoms with van der Waals surface area (Å²) in [5.41, 5.74) is -0.0296. The lowest BCUT2D eigenvalue weighted by Gasteiger charge is -2.38. The molecule has 0 bridgehead atoms. The molecule has 2 fully saturated rings. The first-order chi connectivity index (χ1) is 10.2. The minimum Gasteiger partial charge on any atom is -0.365 e. The van der Waals surface area contributed by atoms with E-state index in [9.17, 15) is 0 Å². The first-order valence-corrected chi connectivity index (χ1v) is 8.61. The number of hydrogen-bond donors (Lipinski definition) is 1. The van der Waals surface area contributed by atoms with Crippen LogP contribution in [0.25, 0.3) is 4.96 Å². The molecule has 0 amide bonds. The van der Waals surface area contributed by atoms with Crippen molar-refractivity contribution >= 4 is 16.3 Å². The van der Waals surface area contributed by atoms with E-state index in [2.05, 4.69) is 27.5 Å². The van der Waals surface area contributed by atoms with E-state index in [1.165, 1.54) is 32.1 Å². The van der Waals surface area contributed by atoms with E-state index in [4.69, 9.17) is 4.74 Å². The number of nitrogens with zero attached hydrogens (tertiary/aromatic N) is 4. The van der Waals surface area contributed by atoms with Gasteiger partial charge in [0, 0.05) is 19.0 Å². The Kier molecular flexibility index (Phi) is 3.43. The molecule has 4 rings (SSSR count). The molecule has 1 saturated carbocycles. The predicted molar refractivity (Wildman–Crippen MR) is 80.5 cm³/mol. The fraction of sp³-hybridized carbons (Fsp3) is 0.786. The zero-order valence-electron chi connectivity index (χ0n) is 12.3. The molecule has 2 aliphatic rings. The number of nitrogens with one attached hydrogen (secondary N) is 1. The second-order valence-electron chi connectivity index (χ2n) is 6.43. The smallest absolute Gasteiger partial charge is 0.234 e. The topological polar surface area (TPSA) is 64.3 Å². The molecule has 114 valence electrons. The normalized spacial score (nSPS) is 22.5.